The minimum atomic E-state index is -4.42. The Bertz CT molecular complexity index is 356. The van der Waals surface area contributed by atoms with Gasteiger partial charge in [0.25, 0.3) is 0 Å². The smallest absolute Gasteiger partial charge is 0.392 e. The summed E-state index contributed by atoms with van der Waals surface area (Å²) < 4.78 is 41.2. The summed E-state index contributed by atoms with van der Waals surface area (Å²) in [5, 5.41) is 0. The van der Waals surface area contributed by atoms with Gasteiger partial charge in [-0.25, -0.2) is 0 Å². The third-order valence-corrected chi connectivity index (χ3v) is 2.68. The lowest BCUT2D eigenvalue weighted by Crippen LogP contribution is -2.25. The molecule has 1 aliphatic heterocycles. The molecule has 6 heteroatoms. The van der Waals surface area contributed by atoms with E-state index >= 15 is 0 Å². The average molecular weight is 220 g/mol. The monoisotopic (exact) mass is 220 g/mol. The number of hydrogen-bond donors (Lipinski definition) is 0. The first kappa shape index (κ1) is 10.2. The van der Waals surface area contributed by atoms with Gasteiger partial charge in [0, 0.05) is 5.57 Å². The van der Waals surface area contributed by atoms with Gasteiger partial charge < -0.3 is 4.74 Å². The highest BCUT2D eigenvalue weighted by Crippen LogP contribution is 2.40. The Balaban J connectivity index is 2.30. The zero-order chi connectivity index (χ0) is 11.2. The van der Waals surface area contributed by atoms with Crippen molar-refractivity contribution < 1.29 is 27.5 Å². The van der Waals surface area contributed by atoms with Crippen molar-refractivity contribution in [2.45, 2.75) is 19.0 Å². The van der Waals surface area contributed by atoms with Crippen LogP contribution in [0.5, 0.6) is 0 Å². The predicted octanol–water partition coefficient (Wildman–Crippen LogP) is 1.58. The second kappa shape index (κ2) is 3.08. The Hall–Kier alpha value is -1.33. The summed E-state index contributed by atoms with van der Waals surface area (Å²) in [6, 6.07) is 0. The van der Waals surface area contributed by atoms with Crippen LogP contribution < -0.4 is 0 Å². The molecule has 0 aromatic carbocycles. The van der Waals surface area contributed by atoms with Crippen molar-refractivity contribution in [3.8, 4) is 0 Å². The summed E-state index contributed by atoms with van der Waals surface area (Å²) in [6.07, 6.45) is -3.80. The fourth-order valence-electron chi connectivity index (χ4n) is 1.88. The molecule has 1 heterocycles. The van der Waals surface area contributed by atoms with Gasteiger partial charge in [-0.2, -0.15) is 13.2 Å². The van der Waals surface area contributed by atoms with E-state index in [1.54, 1.807) is 0 Å². The number of fused-ring (bicyclic) bond motifs is 1. The molecular formula is C9H7F3O3. The minimum absolute atomic E-state index is 0.0284. The number of halogens is 3. The first-order valence-corrected chi connectivity index (χ1v) is 4.43. The lowest BCUT2D eigenvalue weighted by atomic mass is 9.82. The zero-order valence-electron chi connectivity index (χ0n) is 7.50. The zero-order valence-corrected chi connectivity index (χ0v) is 7.50. The van der Waals surface area contributed by atoms with E-state index in [0.29, 0.717) is 0 Å². The van der Waals surface area contributed by atoms with Gasteiger partial charge in [-0.3, -0.25) is 9.59 Å². The summed E-state index contributed by atoms with van der Waals surface area (Å²) in [4.78, 5) is 22.1. The van der Waals surface area contributed by atoms with Crippen LogP contribution in [0.2, 0.25) is 0 Å². The maximum Gasteiger partial charge on any atom is 0.412 e. The summed E-state index contributed by atoms with van der Waals surface area (Å²) in [6.45, 7) is 0. The van der Waals surface area contributed by atoms with E-state index in [1.807, 2.05) is 0 Å². The topological polar surface area (TPSA) is 43.4 Å². The van der Waals surface area contributed by atoms with Gasteiger partial charge in [0.15, 0.2) is 0 Å². The summed E-state index contributed by atoms with van der Waals surface area (Å²) in [5.74, 6) is -3.33. The fraction of sp³-hybridized carbons (Fsp3) is 0.556. The highest BCUT2D eigenvalue weighted by atomic mass is 19.4. The summed E-state index contributed by atoms with van der Waals surface area (Å²) in [7, 11) is 0. The molecular weight excluding hydrogens is 213 g/mol. The number of cyclic esters (lactones) is 2. The molecule has 3 nitrogen and oxygen atoms in total. The molecule has 2 atom stereocenters. The molecule has 0 aromatic heterocycles. The molecule has 0 N–H and O–H groups in total. The molecule has 15 heavy (non-hydrogen) atoms. The van der Waals surface area contributed by atoms with E-state index in [-0.39, 0.29) is 12.8 Å². The highest BCUT2D eigenvalue weighted by Gasteiger charge is 2.48. The van der Waals surface area contributed by atoms with Crippen molar-refractivity contribution in [3.63, 3.8) is 0 Å². The van der Waals surface area contributed by atoms with Gasteiger partial charge in [-0.05, 0) is 12.8 Å². The molecule has 0 bridgehead atoms. The van der Waals surface area contributed by atoms with Crippen LogP contribution in [-0.2, 0) is 14.3 Å². The maximum atomic E-state index is 12.3. The van der Waals surface area contributed by atoms with Crippen LogP contribution in [0, 0.1) is 11.8 Å². The van der Waals surface area contributed by atoms with Crippen molar-refractivity contribution in [2.75, 3.05) is 0 Å². The standard InChI is InChI=1S/C9H7F3O3/c10-9(11,12)4-1-2-5-6(3-4)8(14)15-7(5)13/h3,5-6H,1-2H2/t5-,6+/m0/s1. The van der Waals surface area contributed by atoms with Crippen LogP contribution in [0.25, 0.3) is 0 Å². The molecule has 2 aliphatic rings. The predicted molar refractivity (Wildman–Crippen MR) is 41.5 cm³/mol. The maximum absolute atomic E-state index is 12.3. The molecule has 1 fully saturated rings. The van der Waals surface area contributed by atoms with Crippen LogP contribution in [0.3, 0.4) is 0 Å². The van der Waals surface area contributed by atoms with Gasteiger partial charge in [0.1, 0.15) is 0 Å². The van der Waals surface area contributed by atoms with Crippen molar-refractivity contribution in [1.29, 1.82) is 0 Å². The minimum Gasteiger partial charge on any atom is -0.392 e. The number of rotatable bonds is 0. The van der Waals surface area contributed by atoms with E-state index in [4.69, 9.17) is 0 Å². The lowest BCUT2D eigenvalue weighted by Gasteiger charge is -2.21. The van der Waals surface area contributed by atoms with E-state index in [0.717, 1.165) is 6.08 Å². The Labute approximate surface area is 82.9 Å². The number of hydrogen-bond acceptors (Lipinski definition) is 3. The second-order valence-corrected chi connectivity index (χ2v) is 3.60. The number of allylic oxidation sites excluding steroid dienone is 1. The van der Waals surface area contributed by atoms with E-state index in [9.17, 15) is 22.8 Å². The fourth-order valence-corrected chi connectivity index (χ4v) is 1.88. The summed E-state index contributed by atoms with van der Waals surface area (Å²) >= 11 is 0. The molecule has 0 unspecified atom stereocenters. The molecule has 0 amide bonds. The highest BCUT2D eigenvalue weighted by molar-refractivity contribution is 5.97. The molecule has 0 radical (unpaired) electrons. The van der Waals surface area contributed by atoms with Crippen LogP contribution in [0.4, 0.5) is 13.2 Å². The Morgan fingerprint density at radius 1 is 1.27 bits per heavy atom. The lowest BCUT2D eigenvalue weighted by molar-refractivity contribution is -0.153. The van der Waals surface area contributed by atoms with Crippen LogP contribution in [-0.4, -0.2) is 18.1 Å². The molecule has 0 spiro atoms. The van der Waals surface area contributed by atoms with Gasteiger partial charge in [-0.1, -0.05) is 6.08 Å². The first-order chi connectivity index (χ1) is 6.89. The number of esters is 2. The van der Waals surface area contributed by atoms with Gasteiger partial charge in [0.2, 0.25) is 0 Å². The normalized spacial score (nSPS) is 31.0. The number of carbonyl (C=O) groups is 2. The Morgan fingerprint density at radius 2 is 1.93 bits per heavy atom. The third-order valence-electron chi connectivity index (χ3n) is 2.68. The Kier molecular flexibility index (Phi) is 2.09. The first-order valence-electron chi connectivity index (χ1n) is 4.43. The number of ether oxygens (including phenoxy) is 1. The quantitative estimate of drug-likeness (QED) is 0.353. The average Bonchev–Trinajstić information content (AvgIpc) is 2.41. The van der Waals surface area contributed by atoms with Crippen LogP contribution in [0.15, 0.2) is 11.6 Å². The van der Waals surface area contributed by atoms with E-state index < -0.39 is 35.5 Å². The SMILES string of the molecule is O=C1OC(=O)[C@@H]2C=C(C(F)(F)F)CC[C@H]12. The van der Waals surface area contributed by atoms with E-state index in [2.05, 4.69) is 4.74 Å². The molecule has 1 aliphatic carbocycles. The van der Waals surface area contributed by atoms with Crippen molar-refractivity contribution in [3.05, 3.63) is 11.6 Å². The van der Waals surface area contributed by atoms with E-state index in [1.165, 1.54) is 0 Å². The molecule has 2 rings (SSSR count). The second-order valence-electron chi connectivity index (χ2n) is 3.60. The Morgan fingerprint density at radius 3 is 2.53 bits per heavy atom. The van der Waals surface area contributed by atoms with Gasteiger partial charge in [0.05, 0.1) is 11.8 Å². The van der Waals surface area contributed by atoms with Crippen LogP contribution in [0.1, 0.15) is 12.8 Å². The largest absolute Gasteiger partial charge is 0.412 e. The molecule has 0 aromatic rings. The summed E-state index contributed by atoms with van der Waals surface area (Å²) in [5.41, 5.74) is -0.740. The number of alkyl halides is 3. The van der Waals surface area contributed by atoms with Gasteiger partial charge >= 0.3 is 18.1 Å². The number of carbonyl (C=O) groups excluding carboxylic acids is 2. The van der Waals surface area contributed by atoms with Crippen molar-refractivity contribution in [1.82, 2.24) is 0 Å². The molecule has 82 valence electrons. The van der Waals surface area contributed by atoms with Gasteiger partial charge in [-0.15, -0.1) is 0 Å². The van der Waals surface area contributed by atoms with Crippen molar-refractivity contribution >= 4 is 11.9 Å². The molecule has 0 saturated carbocycles. The molecule has 1 saturated heterocycles. The third kappa shape index (κ3) is 1.64. The van der Waals surface area contributed by atoms with Crippen LogP contribution >= 0.6 is 0 Å². The van der Waals surface area contributed by atoms with Crippen molar-refractivity contribution in [2.24, 2.45) is 11.8 Å².